The number of benzene rings is 1. The highest BCUT2D eigenvalue weighted by atomic mass is 16.5. The fraction of sp³-hybridized carbons (Fsp3) is 0.250. The van der Waals surface area contributed by atoms with E-state index in [4.69, 9.17) is 4.74 Å². The van der Waals surface area contributed by atoms with Crippen LogP contribution in [0.15, 0.2) is 48.3 Å². The molecule has 1 aromatic rings. The van der Waals surface area contributed by atoms with E-state index in [1.54, 1.807) is 7.11 Å². The molecule has 0 heterocycles. The van der Waals surface area contributed by atoms with Crippen molar-refractivity contribution in [2.75, 3.05) is 7.11 Å². The highest BCUT2D eigenvalue weighted by Gasteiger charge is 2.12. The van der Waals surface area contributed by atoms with Crippen LogP contribution in [0.3, 0.4) is 0 Å². The van der Waals surface area contributed by atoms with Crippen LogP contribution in [-0.4, -0.2) is 7.11 Å². The maximum Gasteiger partial charge on any atom is 0.122 e. The second-order valence-electron chi connectivity index (χ2n) is 4.31. The molecule has 0 aliphatic heterocycles. The standard InChI is InChI=1S/C16H18O/c1-12-8-7-9-13(2)16(12)14-10-5-4-6-11-15(14)17-3/h4-9,11H,10H2,1-3H3. The maximum atomic E-state index is 5.50. The monoisotopic (exact) mass is 226 g/mol. The molecular weight excluding hydrogens is 208 g/mol. The van der Waals surface area contributed by atoms with Gasteiger partial charge >= 0.3 is 0 Å². The van der Waals surface area contributed by atoms with Gasteiger partial charge in [-0.2, -0.15) is 0 Å². The van der Waals surface area contributed by atoms with Crippen molar-refractivity contribution in [1.29, 1.82) is 0 Å². The first kappa shape index (κ1) is 11.7. The quantitative estimate of drug-likeness (QED) is 0.735. The van der Waals surface area contributed by atoms with Gasteiger partial charge in [0, 0.05) is 5.57 Å². The van der Waals surface area contributed by atoms with Gasteiger partial charge in [-0.1, -0.05) is 36.4 Å². The van der Waals surface area contributed by atoms with E-state index in [0.29, 0.717) is 0 Å². The van der Waals surface area contributed by atoms with Crippen LogP contribution in [0.25, 0.3) is 5.57 Å². The lowest BCUT2D eigenvalue weighted by molar-refractivity contribution is 0.308. The second kappa shape index (κ2) is 5.05. The number of allylic oxidation sites excluding steroid dienone is 5. The normalized spacial score (nSPS) is 15.0. The van der Waals surface area contributed by atoms with E-state index in [2.05, 4.69) is 44.2 Å². The van der Waals surface area contributed by atoms with Crippen molar-refractivity contribution in [3.63, 3.8) is 0 Å². The van der Waals surface area contributed by atoms with E-state index >= 15 is 0 Å². The summed E-state index contributed by atoms with van der Waals surface area (Å²) in [5.41, 5.74) is 5.20. The molecule has 1 aliphatic rings. The Hall–Kier alpha value is -1.76. The summed E-state index contributed by atoms with van der Waals surface area (Å²) in [6.07, 6.45) is 9.22. The molecule has 17 heavy (non-hydrogen) atoms. The summed E-state index contributed by atoms with van der Waals surface area (Å²) < 4.78 is 5.50. The molecule has 0 aromatic heterocycles. The first-order chi connectivity index (χ1) is 8.24. The highest BCUT2D eigenvalue weighted by Crippen LogP contribution is 2.30. The fourth-order valence-electron chi connectivity index (χ4n) is 2.32. The minimum absolute atomic E-state index is 0.919. The third-order valence-corrected chi connectivity index (χ3v) is 3.12. The zero-order valence-electron chi connectivity index (χ0n) is 10.7. The Morgan fingerprint density at radius 2 is 1.76 bits per heavy atom. The van der Waals surface area contributed by atoms with Crippen molar-refractivity contribution in [2.24, 2.45) is 0 Å². The van der Waals surface area contributed by atoms with Crippen LogP contribution in [0.1, 0.15) is 23.1 Å². The van der Waals surface area contributed by atoms with Crippen LogP contribution in [0.5, 0.6) is 0 Å². The molecule has 0 saturated carbocycles. The summed E-state index contributed by atoms with van der Waals surface area (Å²) in [4.78, 5) is 0. The Kier molecular flexibility index (Phi) is 3.48. The van der Waals surface area contributed by atoms with Crippen molar-refractivity contribution in [2.45, 2.75) is 20.3 Å². The highest BCUT2D eigenvalue weighted by molar-refractivity contribution is 5.75. The van der Waals surface area contributed by atoms with E-state index in [1.807, 2.05) is 12.2 Å². The van der Waals surface area contributed by atoms with Gasteiger partial charge in [-0.15, -0.1) is 0 Å². The molecule has 0 amide bonds. The Morgan fingerprint density at radius 3 is 2.41 bits per heavy atom. The van der Waals surface area contributed by atoms with Crippen LogP contribution < -0.4 is 0 Å². The molecular formula is C16H18O. The first-order valence-electron chi connectivity index (χ1n) is 5.91. The minimum Gasteiger partial charge on any atom is -0.496 e. The summed E-state index contributed by atoms with van der Waals surface area (Å²) in [5.74, 6) is 0.965. The van der Waals surface area contributed by atoms with Crippen LogP contribution in [0, 0.1) is 13.8 Å². The van der Waals surface area contributed by atoms with Crippen LogP contribution in [0.4, 0.5) is 0 Å². The Labute approximate surface area is 103 Å². The molecule has 1 heteroatoms. The van der Waals surface area contributed by atoms with Crippen LogP contribution >= 0.6 is 0 Å². The third kappa shape index (κ3) is 2.33. The summed E-state index contributed by atoms with van der Waals surface area (Å²) >= 11 is 0. The molecule has 2 rings (SSSR count). The molecule has 0 fully saturated rings. The molecule has 0 bridgehead atoms. The van der Waals surface area contributed by atoms with Crippen molar-refractivity contribution in [3.05, 3.63) is 65.0 Å². The number of aryl methyl sites for hydroxylation is 2. The molecule has 1 aliphatic carbocycles. The predicted molar refractivity (Wildman–Crippen MR) is 72.7 cm³/mol. The second-order valence-corrected chi connectivity index (χ2v) is 4.31. The SMILES string of the molecule is COC1=C(c2c(C)cccc2C)CC=CC=C1. The van der Waals surface area contributed by atoms with Crippen molar-refractivity contribution < 1.29 is 4.74 Å². The zero-order chi connectivity index (χ0) is 12.3. The average Bonchev–Trinajstić information content (AvgIpc) is 2.54. The molecule has 88 valence electrons. The molecule has 1 aromatic carbocycles. The van der Waals surface area contributed by atoms with Gasteiger partial charge in [0.25, 0.3) is 0 Å². The van der Waals surface area contributed by atoms with E-state index < -0.39 is 0 Å². The van der Waals surface area contributed by atoms with Gasteiger partial charge in [0.15, 0.2) is 0 Å². The van der Waals surface area contributed by atoms with Crippen molar-refractivity contribution in [3.8, 4) is 0 Å². The van der Waals surface area contributed by atoms with Gasteiger partial charge in [-0.05, 0) is 43.0 Å². The van der Waals surface area contributed by atoms with Crippen LogP contribution in [0.2, 0.25) is 0 Å². The van der Waals surface area contributed by atoms with Gasteiger partial charge in [-0.3, -0.25) is 0 Å². The van der Waals surface area contributed by atoms with Gasteiger partial charge in [0.2, 0.25) is 0 Å². The van der Waals surface area contributed by atoms with Gasteiger partial charge in [-0.25, -0.2) is 0 Å². The topological polar surface area (TPSA) is 9.23 Å². The lowest BCUT2D eigenvalue weighted by Gasteiger charge is -2.15. The molecule has 0 saturated heterocycles. The van der Waals surface area contributed by atoms with E-state index in [-0.39, 0.29) is 0 Å². The average molecular weight is 226 g/mol. The predicted octanol–water partition coefficient (Wildman–Crippen LogP) is 4.18. The number of rotatable bonds is 2. The van der Waals surface area contributed by atoms with Gasteiger partial charge < -0.3 is 4.74 Å². The van der Waals surface area contributed by atoms with Crippen LogP contribution in [-0.2, 0) is 4.74 Å². The zero-order valence-corrected chi connectivity index (χ0v) is 10.7. The Balaban J connectivity index is 2.61. The Bertz CT molecular complexity index is 484. The smallest absolute Gasteiger partial charge is 0.122 e. The van der Waals surface area contributed by atoms with Gasteiger partial charge in [0.05, 0.1) is 7.11 Å². The van der Waals surface area contributed by atoms with E-state index in [0.717, 1.165) is 12.2 Å². The van der Waals surface area contributed by atoms with E-state index in [1.165, 1.54) is 22.3 Å². The molecule has 0 radical (unpaired) electrons. The molecule has 0 atom stereocenters. The number of hydrogen-bond acceptors (Lipinski definition) is 1. The maximum absolute atomic E-state index is 5.50. The molecule has 0 spiro atoms. The third-order valence-electron chi connectivity index (χ3n) is 3.12. The van der Waals surface area contributed by atoms with E-state index in [9.17, 15) is 0 Å². The lowest BCUT2D eigenvalue weighted by Crippen LogP contribution is -1.97. The molecule has 1 nitrogen and oxygen atoms in total. The number of hydrogen-bond donors (Lipinski definition) is 0. The van der Waals surface area contributed by atoms with Crippen molar-refractivity contribution in [1.82, 2.24) is 0 Å². The Morgan fingerprint density at radius 1 is 1.06 bits per heavy atom. The molecule has 0 unspecified atom stereocenters. The lowest BCUT2D eigenvalue weighted by atomic mass is 9.93. The fourth-order valence-corrected chi connectivity index (χ4v) is 2.32. The summed E-state index contributed by atoms with van der Waals surface area (Å²) in [6.45, 7) is 4.31. The largest absolute Gasteiger partial charge is 0.496 e. The van der Waals surface area contributed by atoms with Gasteiger partial charge in [0.1, 0.15) is 5.76 Å². The summed E-state index contributed by atoms with van der Waals surface area (Å²) in [7, 11) is 1.73. The van der Waals surface area contributed by atoms with Crippen molar-refractivity contribution >= 4 is 5.57 Å². The number of ether oxygens (including phenoxy) is 1. The number of methoxy groups -OCH3 is 1. The summed E-state index contributed by atoms with van der Waals surface area (Å²) in [5, 5.41) is 0. The molecule has 0 N–H and O–H groups in total. The first-order valence-corrected chi connectivity index (χ1v) is 5.91. The summed E-state index contributed by atoms with van der Waals surface area (Å²) in [6, 6.07) is 6.41. The minimum atomic E-state index is 0.919.